The molecule has 1 saturated heterocycles. The van der Waals surface area contributed by atoms with Crippen molar-refractivity contribution in [3.05, 3.63) is 45.1 Å². The maximum Gasteiger partial charge on any atom is 0.310 e. The molecule has 0 spiro atoms. The van der Waals surface area contributed by atoms with Crippen LogP contribution in [0.5, 0.6) is 0 Å². The van der Waals surface area contributed by atoms with Crippen LogP contribution < -0.4 is 5.32 Å². The van der Waals surface area contributed by atoms with Crippen molar-refractivity contribution >= 4 is 44.6 Å². The molecule has 8 heteroatoms. The first-order chi connectivity index (χ1) is 13.0. The molecule has 2 aromatic heterocycles. The molecule has 1 atom stereocenters. The van der Waals surface area contributed by atoms with Gasteiger partial charge in [-0.2, -0.15) is 0 Å². The topological polar surface area (TPSA) is 77.2 Å². The Morgan fingerprint density at radius 1 is 1.44 bits per heavy atom. The number of aromatic nitrogens is 2. The van der Waals surface area contributed by atoms with Crippen molar-refractivity contribution in [1.29, 1.82) is 0 Å². The zero-order chi connectivity index (χ0) is 19.0. The number of oxazole rings is 1. The summed E-state index contributed by atoms with van der Waals surface area (Å²) in [5.41, 5.74) is 3.66. The molecule has 0 aliphatic carbocycles. The Bertz CT molecular complexity index is 1010. The summed E-state index contributed by atoms with van der Waals surface area (Å²) >= 11 is 9.83. The van der Waals surface area contributed by atoms with Gasteiger partial charge in [0, 0.05) is 23.4 Å². The lowest BCUT2D eigenvalue weighted by Crippen LogP contribution is -2.20. The van der Waals surface area contributed by atoms with Gasteiger partial charge in [-0.1, -0.05) is 11.6 Å². The molecular formula is C19H17BrClN3O3. The number of hydrogen-bond donors (Lipinski definition) is 1. The smallest absolute Gasteiger partial charge is 0.310 e. The van der Waals surface area contributed by atoms with Gasteiger partial charge in [0.1, 0.15) is 12.1 Å². The molecule has 0 radical (unpaired) electrons. The van der Waals surface area contributed by atoms with Gasteiger partial charge in [-0.25, -0.2) is 4.98 Å². The second-order valence-electron chi connectivity index (χ2n) is 6.54. The third kappa shape index (κ3) is 3.72. The Morgan fingerprint density at radius 3 is 3.07 bits per heavy atom. The highest BCUT2D eigenvalue weighted by Crippen LogP contribution is 2.33. The average molecular weight is 451 g/mol. The number of carbonyl (C=O) groups is 1. The van der Waals surface area contributed by atoms with E-state index in [0.29, 0.717) is 28.6 Å². The fourth-order valence-corrected chi connectivity index (χ4v) is 3.70. The summed E-state index contributed by atoms with van der Waals surface area (Å²) in [5.74, 6) is 0.187. The first-order valence-electron chi connectivity index (χ1n) is 8.59. The van der Waals surface area contributed by atoms with Crippen LogP contribution in [0.25, 0.3) is 22.6 Å². The minimum absolute atomic E-state index is 0.0742. The number of rotatable bonds is 4. The Morgan fingerprint density at radius 2 is 2.30 bits per heavy atom. The van der Waals surface area contributed by atoms with Crippen LogP contribution in [0, 0.1) is 12.8 Å². The van der Waals surface area contributed by atoms with Crippen LogP contribution in [0.4, 0.5) is 0 Å². The zero-order valence-electron chi connectivity index (χ0n) is 14.6. The lowest BCUT2D eigenvalue weighted by molar-refractivity contribution is -0.149. The first kappa shape index (κ1) is 18.4. The SMILES string of the molecule is Cc1c(Br)cncc1-c1nc2cc(COC(=O)C3CCNC3)cc(Cl)c2o1. The molecule has 3 aromatic rings. The van der Waals surface area contributed by atoms with Gasteiger partial charge in [-0.05, 0) is 59.1 Å². The number of carbonyl (C=O) groups excluding carboxylic acids is 1. The molecule has 27 heavy (non-hydrogen) atoms. The number of nitrogens with zero attached hydrogens (tertiary/aromatic N) is 2. The molecule has 4 rings (SSSR count). The van der Waals surface area contributed by atoms with Gasteiger partial charge in [-0.3, -0.25) is 9.78 Å². The normalized spacial score (nSPS) is 16.8. The van der Waals surface area contributed by atoms with Gasteiger partial charge in [0.2, 0.25) is 5.89 Å². The second-order valence-corrected chi connectivity index (χ2v) is 7.80. The molecule has 3 heterocycles. The Hall–Kier alpha value is -1.96. The van der Waals surface area contributed by atoms with Crippen LogP contribution in [0.15, 0.2) is 33.4 Å². The number of hydrogen-bond acceptors (Lipinski definition) is 6. The summed E-state index contributed by atoms with van der Waals surface area (Å²) in [4.78, 5) is 20.8. The fourth-order valence-electron chi connectivity index (χ4n) is 3.09. The van der Waals surface area contributed by atoms with Gasteiger partial charge >= 0.3 is 5.97 Å². The van der Waals surface area contributed by atoms with E-state index in [2.05, 4.69) is 31.2 Å². The maximum absolute atomic E-state index is 12.1. The fraction of sp³-hybridized carbons (Fsp3) is 0.316. The number of pyridine rings is 1. The summed E-state index contributed by atoms with van der Waals surface area (Å²) in [6.07, 6.45) is 4.24. The Labute approximate surface area is 169 Å². The van der Waals surface area contributed by atoms with Crippen LogP contribution in [-0.4, -0.2) is 29.0 Å². The zero-order valence-corrected chi connectivity index (χ0v) is 16.9. The number of esters is 1. The van der Waals surface area contributed by atoms with Crippen molar-refractivity contribution in [2.24, 2.45) is 5.92 Å². The predicted octanol–water partition coefficient (Wildman–Crippen LogP) is 4.27. The molecule has 1 fully saturated rings. The average Bonchev–Trinajstić information content (AvgIpc) is 3.32. The van der Waals surface area contributed by atoms with Crippen LogP contribution in [-0.2, 0) is 16.1 Å². The monoisotopic (exact) mass is 449 g/mol. The molecule has 0 amide bonds. The van der Waals surface area contributed by atoms with Crippen molar-refractivity contribution in [3.63, 3.8) is 0 Å². The van der Waals surface area contributed by atoms with Gasteiger partial charge in [0.05, 0.1) is 16.5 Å². The van der Waals surface area contributed by atoms with E-state index in [1.165, 1.54) is 0 Å². The molecule has 0 saturated carbocycles. The molecule has 0 bridgehead atoms. The van der Waals surface area contributed by atoms with Crippen molar-refractivity contribution in [3.8, 4) is 11.5 Å². The molecule has 1 N–H and O–H groups in total. The highest BCUT2D eigenvalue weighted by atomic mass is 79.9. The van der Waals surface area contributed by atoms with Crippen molar-refractivity contribution in [2.75, 3.05) is 13.1 Å². The third-order valence-electron chi connectivity index (χ3n) is 4.66. The number of fused-ring (bicyclic) bond motifs is 1. The van der Waals surface area contributed by atoms with Gasteiger partial charge < -0.3 is 14.5 Å². The van der Waals surface area contributed by atoms with E-state index in [1.807, 2.05) is 13.0 Å². The van der Waals surface area contributed by atoms with E-state index in [9.17, 15) is 4.79 Å². The van der Waals surface area contributed by atoms with E-state index in [4.69, 9.17) is 20.8 Å². The summed E-state index contributed by atoms with van der Waals surface area (Å²) in [5, 5.41) is 3.59. The van der Waals surface area contributed by atoms with Crippen molar-refractivity contribution in [2.45, 2.75) is 20.0 Å². The quantitative estimate of drug-likeness (QED) is 0.598. The van der Waals surface area contributed by atoms with E-state index < -0.39 is 0 Å². The maximum atomic E-state index is 12.1. The lowest BCUT2D eigenvalue weighted by Gasteiger charge is -2.09. The van der Waals surface area contributed by atoms with Gasteiger partial charge in [0.25, 0.3) is 0 Å². The molecule has 6 nitrogen and oxygen atoms in total. The highest BCUT2D eigenvalue weighted by molar-refractivity contribution is 9.10. The summed E-state index contributed by atoms with van der Waals surface area (Å²) < 4.78 is 12.2. The number of halogens is 2. The molecule has 1 aliphatic rings. The molecule has 1 aromatic carbocycles. The summed E-state index contributed by atoms with van der Waals surface area (Å²) in [6, 6.07) is 3.57. The van der Waals surface area contributed by atoms with Crippen LogP contribution in [0.1, 0.15) is 17.5 Å². The van der Waals surface area contributed by atoms with E-state index in [0.717, 1.165) is 34.1 Å². The Balaban J connectivity index is 1.59. The number of ether oxygens (including phenoxy) is 1. The van der Waals surface area contributed by atoms with Gasteiger partial charge in [-0.15, -0.1) is 0 Å². The van der Waals surface area contributed by atoms with Gasteiger partial charge in [0.15, 0.2) is 5.58 Å². The van der Waals surface area contributed by atoms with Crippen LogP contribution in [0.3, 0.4) is 0 Å². The molecule has 1 unspecified atom stereocenters. The van der Waals surface area contributed by atoms with Crippen molar-refractivity contribution < 1.29 is 13.9 Å². The lowest BCUT2D eigenvalue weighted by atomic mass is 10.1. The number of nitrogens with one attached hydrogen (secondary N) is 1. The predicted molar refractivity (Wildman–Crippen MR) is 105 cm³/mol. The van der Waals surface area contributed by atoms with E-state index >= 15 is 0 Å². The number of benzene rings is 1. The minimum atomic E-state index is -0.187. The third-order valence-corrected chi connectivity index (χ3v) is 5.74. The van der Waals surface area contributed by atoms with Crippen LogP contribution in [0.2, 0.25) is 5.02 Å². The van der Waals surface area contributed by atoms with E-state index in [-0.39, 0.29) is 18.5 Å². The molecule has 1 aliphatic heterocycles. The Kier molecular flexibility index (Phi) is 5.16. The highest BCUT2D eigenvalue weighted by Gasteiger charge is 2.24. The minimum Gasteiger partial charge on any atom is -0.461 e. The largest absolute Gasteiger partial charge is 0.461 e. The standard InChI is InChI=1S/C19H17BrClN3O3/c1-10-13(7-23-8-14(10)20)18-24-16-5-11(4-15(21)17(16)27-18)9-26-19(25)12-2-3-22-6-12/h4-5,7-8,12,22H,2-3,6,9H2,1H3. The first-order valence-corrected chi connectivity index (χ1v) is 9.77. The molecular weight excluding hydrogens is 434 g/mol. The van der Waals surface area contributed by atoms with Crippen molar-refractivity contribution in [1.82, 2.24) is 15.3 Å². The molecule has 140 valence electrons. The second kappa shape index (κ2) is 7.58. The summed E-state index contributed by atoms with van der Waals surface area (Å²) in [6.45, 7) is 3.64. The van der Waals surface area contributed by atoms with Crippen LogP contribution >= 0.6 is 27.5 Å². The summed E-state index contributed by atoms with van der Waals surface area (Å²) in [7, 11) is 0. The van der Waals surface area contributed by atoms with E-state index in [1.54, 1.807) is 18.5 Å².